The fraction of sp³-hybridized carbons (Fsp3) is 0.250. The molecule has 0 saturated carbocycles. The zero-order valence-electron chi connectivity index (χ0n) is 12.5. The highest BCUT2D eigenvalue weighted by Gasteiger charge is 2.17. The second-order valence-corrected chi connectivity index (χ2v) is 6.50. The molecule has 0 unspecified atom stereocenters. The molecule has 1 amide bonds. The number of nitrogens with one attached hydrogen (secondary N) is 1. The first-order valence-corrected chi connectivity index (χ1v) is 7.60. The van der Waals surface area contributed by atoms with Crippen LogP contribution in [0.25, 0.3) is 0 Å². The largest absolute Gasteiger partial charge is 0.438 e. The van der Waals surface area contributed by atoms with Gasteiger partial charge in [0.2, 0.25) is 5.88 Å². The quantitative estimate of drug-likeness (QED) is 0.855. The van der Waals surface area contributed by atoms with E-state index in [0.29, 0.717) is 17.9 Å². The summed E-state index contributed by atoms with van der Waals surface area (Å²) in [4.78, 5) is 16.4. The van der Waals surface area contributed by atoms with E-state index in [1.54, 1.807) is 30.5 Å². The minimum Gasteiger partial charge on any atom is -0.438 e. The Bertz CT molecular complexity index is 668. The number of benzene rings is 1. The van der Waals surface area contributed by atoms with E-state index < -0.39 is 5.54 Å². The van der Waals surface area contributed by atoms with E-state index in [0.717, 1.165) is 4.47 Å². The topological polar surface area (TPSA) is 77.2 Å². The number of amides is 1. The van der Waals surface area contributed by atoms with Gasteiger partial charge in [0.05, 0.1) is 0 Å². The summed E-state index contributed by atoms with van der Waals surface area (Å²) in [6, 6.07) is 10.7. The van der Waals surface area contributed by atoms with Crippen molar-refractivity contribution in [1.82, 2.24) is 10.3 Å². The lowest BCUT2D eigenvalue weighted by atomic mass is 10.1. The number of nitrogens with two attached hydrogens (primary N) is 1. The summed E-state index contributed by atoms with van der Waals surface area (Å²) < 4.78 is 6.60. The molecule has 1 aromatic carbocycles. The highest BCUT2D eigenvalue weighted by Crippen LogP contribution is 2.25. The number of ether oxygens (including phenoxy) is 1. The SMILES string of the molecule is CC(C)(N)CNC(=O)c1cccnc1Oc1cccc(Br)c1. The second-order valence-electron chi connectivity index (χ2n) is 5.59. The van der Waals surface area contributed by atoms with Crippen LogP contribution in [0.5, 0.6) is 11.6 Å². The maximum atomic E-state index is 12.3. The van der Waals surface area contributed by atoms with Crippen LogP contribution in [0.3, 0.4) is 0 Å². The normalized spacial score (nSPS) is 11.1. The number of carbonyl (C=O) groups is 1. The number of hydrogen-bond acceptors (Lipinski definition) is 4. The summed E-state index contributed by atoms with van der Waals surface area (Å²) >= 11 is 3.38. The Morgan fingerprint density at radius 2 is 2.14 bits per heavy atom. The predicted octanol–water partition coefficient (Wildman–Crippen LogP) is 3.10. The van der Waals surface area contributed by atoms with Crippen molar-refractivity contribution >= 4 is 21.8 Å². The van der Waals surface area contributed by atoms with Gasteiger partial charge in [-0.05, 0) is 44.2 Å². The standard InChI is InChI=1S/C16H18BrN3O2/c1-16(2,18)10-20-14(21)13-7-4-8-19-15(13)22-12-6-3-5-11(17)9-12/h3-9H,10,18H2,1-2H3,(H,20,21). The molecule has 1 heterocycles. The summed E-state index contributed by atoms with van der Waals surface area (Å²) in [6.07, 6.45) is 1.58. The Kier molecular flexibility index (Phi) is 5.15. The van der Waals surface area contributed by atoms with Crippen LogP contribution >= 0.6 is 15.9 Å². The monoisotopic (exact) mass is 363 g/mol. The van der Waals surface area contributed by atoms with Gasteiger partial charge in [-0.1, -0.05) is 22.0 Å². The number of aromatic nitrogens is 1. The van der Waals surface area contributed by atoms with E-state index in [4.69, 9.17) is 10.5 Å². The fourth-order valence-electron chi connectivity index (χ4n) is 1.69. The zero-order valence-corrected chi connectivity index (χ0v) is 14.1. The van der Waals surface area contributed by atoms with Crippen molar-refractivity contribution in [2.75, 3.05) is 6.54 Å². The minimum atomic E-state index is -0.483. The number of nitrogens with zero attached hydrogens (tertiary/aromatic N) is 1. The number of pyridine rings is 1. The molecule has 0 aliphatic rings. The first-order valence-electron chi connectivity index (χ1n) is 6.81. The van der Waals surface area contributed by atoms with Crippen molar-refractivity contribution in [3.63, 3.8) is 0 Å². The van der Waals surface area contributed by atoms with Crippen LogP contribution in [0.1, 0.15) is 24.2 Å². The average Bonchev–Trinajstić information content (AvgIpc) is 2.45. The van der Waals surface area contributed by atoms with Gasteiger partial charge >= 0.3 is 0 Å². The molecular weight excluding hydrogens is 346 g/mol. The van der Waals surface area contributed by atoms with Gasteiger partial charge < -0.3 is 15.8 Å². The third-order valence-corrected chi connectivity index (χ3v) is 3.22. The van der Waals surface area contributed by atoms with Gasteiger partial charge in [0.15, 0.2) is 0 Å². The number of halogens is 1. The summed E-state index contributed by atoms with van der Waals surface area (Å²) in [5.41, 5.74) is 5.76. The smallest absolute Gasteiger partial charge is 0.256 e. The van der Waals surface area contributed by atoms with E-state index >= 15 is 0 Å². The lowest BCUT2D eigenvalue weighted by molar-refractivity contribution is 0.0943. The third-order valence-electron chi connectivity index (χ3n) is 2.73. The molecular formula is C16H18BrN3O2. The molecule has 2 aromatic rings. The Morgan fingerprint density at radius 3 is 2.82 bits per heavy atom. The second kappa shape index (κ2) is 6.89. The molecule has 0 fully saturated rings. The molecule has 22 heavy (non-hydrogen) atoms. The zero-order chi connectivity index (χ0) is 16.2. The lowest BCUT2D eigenvalue weighted by Crippen LogP contribution is -2.45. The Hall–Kier alpha value is -1.92. The van der Waals surface area contributed by atoms with Gasteiger partial charge in [-0.2, -0.15) is 0 Å². The molecule has 0 aliphatic carbocycles. The maximum Gasteiger partial charge on any atom is 0.256 e. The third kappa shape index (κ3) is 4.82. The number of rotatable bonds is 5. The maximum absolute atomic E-state index is 12.3. The van der Waals surface area contributed by atoms with Crippen molar-refractivity contribution in [3.8, 4) is 11.6 Å². The van der Waals surface area contributed by atoms with Crippen LogP contribution in [-0.4, -0.2) is 23.0 Å². The minimum absolute atomic E-state index is 0.257. The predicted molar refractivity (Wildman–Crippen MR) is 89.1 cm³/mol. The highest BCUT2D eigenvalue weighted by molar-refractivity contribution is 9.10. The first-order chi connectivity index (χ1) is 10.3. The Morgan fingerprint density at radius 1 is 1.36 bits per heavy atom. The van der Waals surface area contributed by atoms with Crippen molar-refractivity contribution in [3.05, 3.63) is 52.6 Å². The van der Waals surface area contributed by atoms with Crippen molar-refractivity contribution in [1.29, 1.82) is 0 Å². The Labute approximate surface area is 138 Å². The van der Waals surface area contributed by atoms with E-state index in [1.807, 2.05) is 26.0 Å². The van der Waals surface area contributed by atoms with Gasteiger partial charge in [-0.3, -0.25) is 4.79 Å². The van der Waals surface area contributed by atoms with Crippen LogP contribution in [0.2, 0.25) is 0 Å². The van der Waals surface area contributed by atoms with Crippen LogP contribution in [0.15, 0.2) is 47.1 Å². The van der Waals surface area contributed by atoms with Crippen molar-refractivity contribution in [2.45, 2.75) is 19.4 Å². The number of carbonyl (C=O) groups excluding carboxylic acids is 1. The fourth-order valence-corrected chi connectivity index (χ4v) is 2.07. The van der Waals surface area contributed by atoms with Gasteiger partial charge in [0.25, 0.3) is 5.91 Å². The van der Waals surface area contributed by atoms with Crippen LogP contribution < -0.4 is 15.8 Å². The van der Waals surface area contributed by atoms with Crippen LogP contribution in [0, 0.1) is 0 Å². The highest BCUT2D eigenvalue weighted by atomic mass is 79.9. The van der Waals surface area contributed by atoms with Gasteiger partial charge in [-0.25, -0.2) is 4.98 Å². The van der Waals surface area contributed by atoms with E-state index in [-0.39, 0.29) is 11.8 Å². The molecule has 116 valence electrons. The van der Waals surface area contributed by atoms with Crippen molar-refractivity contribution in [2.24, 2.45) is 5.73 Å². The lowest BCUT2D eigenvalue weighted by Gasteiger charge is -2.19. The molecule has 1 aromatic heterocycles. The van der Waals surface area contributed by atoms with Crippen LogP contribution in [0.4, 0.5) is 0 Å². The van der Waals surface area contributed by atoms with Gasteiger partial charge in [0, 0.05) is 22.8 Å². The number of hydrogen-bond donors (Lipinski definition) is 2. The molecule has 0 spiro atoms. The molecule has 0 bridgehead atoms. The van der Waals surface area contributed by atoms with Gasteiger partial charge in [0.1, 0.15) is 11.3 Å². The summed E-state index contributed by atoms with van der Waals surface area (Å²) in [6.45, 7) is 4.04. The Balaban J connectivity index is 2.18. The van der Waals surface area contributed by atoms with Crippen molar-refractivity contribution < 1.29 is 9.53 Å². The molecule has 6 heteroatoms. The summed E-state index contributed by atoms with van der Waals surface area (Å²) in [7, 11) is 0. The summed E-state index contributed by atoms with van der Waals surface area (Å²) in [5, 5.41) is 2.78. The van der Waals surface area contributed by atoms with E-state index in [2.05, 4.69) is 26.2 Å². The molecule has 3 N–H and O–H groups in total. The molecule has 2 rings (SSSR count). The molecule has 0 radical (unpaired) electrons. The first kappa shape index (κ1) is 16.5. The summed E-state index contributed by atoms with van der Waals surface area (Å²) in [5.74, 6) is 0.589. The van der Waals surface area contributed by atoms with Crippen LogP contribution in [-0.2, 0) is 0 Å². The molecule has 0 aliphatic heterocycles. The van der Waals surface area contributed by atoms with E-state index in [9.17, 15) is 4.79 Å². The molecule has 0 atom stereocenters. The molecule has 5 nitrogen and oxygen atoms in total. The molecule has 0 saturated heterocycles. The van der Waals surface area contributed by atoms with Gasteiger partial charge in [-0.15, -0.1) is 0 Å². The average molecular weight is 364 g/mol. The van der Waals surface area contributed by atoms with E-state index in [1.165, 1.54) is 0 Å².